The number of rotatable bonds is 3. The molecule has 3 heterocycles. The summed E-state index contributed by atoms with van der Waals surface area (Å²) in [6.45, 7) is 4.17. The zero-order valence-electron chi connectivity index (χ0n) is 10.8. The molecule has 0 amide bonds. The van der Waals surface area contributed by atoms with Gasteiger partial charge in [0.05, 0.1) is 16.3 Å². The summed E-state index contributed by atoms with van der Waals surface area (Å²) in [5, 5.41) is 5.54. The molecule has 5 heteroatoms. The van der Waals surface area contributed by atoms with Gasteiger partial charge in [-0.05, 0) is 36.4 Å². The first kappa shape index (κ1) is 12.0. The van der Waals surface area contributed by atoms with Crippen LogP contribution in [0.2, 0.25) is 0 Å². The summed E-state index contributed by atoms with van der Waals surface area (Å²) in [7, 11) is 0. The number of hydrogen-bond donors (Lipinski definition) is 1. The van der Waals surface area contributed by atoms with Crippen LogP contribution in [0.1, 0.15) is 24.1 Å². The second kappa shape index (κ2) is 4.93. The number of thiophene rings is 1. The summed E-state index contributed by atoms with van der Waals surface area (Å²) < 4.78 is 1.11. The molecule has 0 radical (unpaired) electrons. The summed E-state index contributed by atoms with van der Waals surface area (Å²) in [4.78, 5) is 12.8. The Balaban J connectivity index is 1.93. The van der Waals surface area contributed by atoms with E-state index >= 15 is 0 Å². The molecule has 1 N–H and O–H groups in total. The maximum absolute atomic E-state index is 4.35. The molecule has 0 saturated carbocycles. The maximum atomic E-state index is 4.35. The SMILES string of the molecule is Cc1csc2c(NC(C)c3cccnc3)ncnc12. The van der Waals surface area contributed by atoms with E-state index in [2.05, 4.69) is 45.6 Å². The van der Waals surface area contributed by atoms with Gasteiger partial charge in [-0.25, -0.2) is 9.97 Å². The van der Waals surface area contributed by atoms with Crippen LogP contribution in [-0.2, 0) is 0 Å². The zero-order chi connectivity index (χ0) is 13.2. The third kappa shape index (κ3) is 2.29. The molecule has 0 aliphatic carbocycles. The quantitative estimate of drug-likeness (QED) is 0.790. The molecule has 1 atom stereocenters. The van der Waals surface area contributed by atoms with Gasteiger partial charge in [-0.1, -0.05) is 6.07 Å². The van der Waals surface area contributed by atoms with E-state index in [0.717, 1.165) is 21.6 Å². The molecule has 0 aromatic carbocycles. The normalized spacial score (nSPS) is 12.5. The van der Waals surface area contributed by atoms with Crippen LogP contribution in [0.25, 0.3) is 10.2 Å². The second-order valence-electron chi connectivity index (χ2n) is 4.47. The maximum Gasteiger partial charge on any atom is 0.147 e. The molecule has 4 nitrogen and oxygen atoms in total. The Morgan fingerprint density at radius 3 is 3.00 bits per heavy atom. The molecule has 3 aromatic heterocycles. The highest BCUT2D eigenvalue weighted by Crippen LogP contribution is 2.30. The minimum absolute atomic E-state index is 0.161. The lowest BCUT2D eigenvalue weighted by Gasteiger charge is -2.14. The van der Waals surface area contributed by atoms with E-state index in [1.54, 1.807) is 23.9 Å². The highest BCUT2D eigenvalue weighted by Gasteiger charge is 2.11. The molecule has 96 valence electrons. The van der Waals surface area contributed by atoms with Crippen molar-refractivity contribution in [2.45, 2.75) is 19.9 Å². The molecule has 0 aliphatic heterocycles. The van der Waals surface area contributed by atoms with E-state index < -0.39 is 0 Å². The van der Waals surface area contributed by atoms with Crippen LogP contribution in [0.15, 0.2) is 36.2 Å². The predicted octanol–water partition coefficient (Wildman–Crippen LogP) is 3.57. The summed E-state index contributed by atoms with van der Waals surface area (Å²) >= 11 is 1.67. The fourth-order valence-corrected chi connectivity index (χ4v) is 2.95. The Bertz CT molecular complexity index is 693. The van der Waals surface area contributed by atoms with E-state index in [4.69, 9.17) is 0 Å². The van der Waals surface area contributed by atoms with Crippen molar-refractivity contribution >= 4 is 27.4 Å². The number of aryl methyl sites for hydroxylation is 1. The van der Waals surface area contributed by atoms with Crippen molar-refractivity contribution in [1.82, 2.24) is 15.0 Å². The molecule has 0 spiro atoms. The van der Waals surface area contributed by atoms with E-state index in [-0.39, 0.29) is 6.04 Å². The number of hydrogen-bond acceptors (Lipinski definition) is 5. The minimum atomic E-state index is 0.161. The third-order valence-electron chi connectivity index (χ3n) is 3.07. The Hall–Kier alpha value is -2.01. The molecule has 3 aromatic rings. The molecule has 1 unspecified atom stereocenters. The molecule has 0 saturated heterocycles. The fourth-order valence-electron chi connectivity index (χ4n) is 1.99. The van der Waals surface area contributed by atoms with Crippen LogP contribution in [0.4, 0.5) is 5.82 Å². The van der Waals surface area contributed by atoms with E-state index in [1.807, 2.05) is 12.3 Å². The number of anilines is 1. The van der Waals surface area contributed by atoms with Crippen LogP contribution >= 0.6 is 11.3 Å². The first-order valence-electron chi connectivity index (χ1n) is 6.11. The number of pyridine rings is 1. The fraction of sp³-hybridized carbons (Fsp3) is 0.214. The summed E-state index contributed by atoms with van der Waals surface area (Å²) in [6, 6.07) is 4.16. The van der Waals surface area contributed by atoms with Gasteiger partial charge in [-0.2, -0.15) is 0 Å². The van der Waals surface area contributed by atoms with Crippen LogP contribution < -0.4 is 5.32 Å². The van der Waals surface area contributed by atoms with Gasteiger partial charge in [0.25, 0.3) is 0 Å². The largest absolute Gasteiger partial charge is 0.362 e. The van der Waals surface area contributed by atoms with Gasteiger partial charge < -0.3 is 5.32 Å². The number of nitrogens with one attached hydrogen (secondary N) is 1. The molecular formula is C14H14N4S. The minimum Gasteiger partial charge on any atom is -0.362 e. The monoisotopic (exact) mass is 270 g/mol. The molecule has 0 fully saturated rings. The van der Waals surface area contributed by atoms with Gasteiger partial charge >= 0.3 is 0 Å². The molecule has 19 heavy (non-hydrogen) atoms. The Morgan fingerprint density at radius 1 is 1.32 bits per heavy atom. The Kier molecular flexibility index (Phi) is 3.13. The third-order valence-corrected chi connectivity index (χ3v) is 4.16. The van der Waals surface area contributed by atoms with Crippen molar-refractivity contribution < 1.29 is 0 Å². The molecule has 0 aliphatic rings. The zero-order valence-corrected chi connectivity index (χ0v) is 11.6. The highest BCUT2D eigenvalue weighted by molar-refractivity contribution is 7.18. The summed E-state index contributed by atoms with van der Waals surface area (Å²) in [6.07, 6.45) is 5.26. The van der Waals surface area contributed by atoms with Gasteiger partial charge in [0, 0.05) is 12.4 Å². The van der Waals surface area contributed by atoms with Crippen LogP contribution in [0.3, 0.4) is 0 Å². The lowest BCUT2D eigenvalue weighted by molar-refractivity contribution is 0.868. The first-order valence-corrected chi connectivity index (χ1v) is 6.99. The first-order chi connectivity index (χ1) is 9.25. The van der Waals surface area contributed by atoms with E-state index in [0.29, 0.717) is 0 Å². The van der Waals surface area contributed by atoms with E-state index in [1.165, 1.54) is 5.56 Å². The topological polar surface area (TPSA) is 50.7 Å². The van der Waals surface area contributed by atoms with Crippen LogP contribution in [-0.4, -0.2) is 15.0 Å². The van der Waals surface area contributed by atoms with Gasteiger partial charge in [0.15, 0.2) is 0 Å². The van der Waals surface area contributed by atoms with Gasteiger partial charge in [-0.15, -0.1) is 11.3 Å². The van der Waals surface area contributed by atoms with Crippen molar-refractivity contribution in [3.63, 3.8) is 0 Å². The van der Waals surface area contributed by atoms with Crippen molar-refractivity contribution in [1.29, 1.82) is 0 Å². The van der Waals surface area contributed by atoms with Crippen molar-refractivity contribution in [2.75, 3.05) is 5.32 Å². The van der Waals surface area contributed by atoms with Crippen molar-refractivity contribution in [3.8, 4) is 0 Å². The average Bonchev–Trinajstić information content (AvgIpc) is 2.83. The Labute approximate surface area is 115 Å². The highest BCUT2D eigenvalue weighted by atomic mass is 32.1. The lowest BCUT2D eigenvalue weighted by atomic mass is 10.1. The van der Waals surface area contributed by atoms with Gasteiger partial charge in [0.2, 0.25) is 0 Å². The smallest absolute Gasteiger partial charge is 0.147 e. The molecule has 3 rings (SSSR count). The average molecular weight is 270 g/mol. The number of nitrogens with zero attached hydrogens (tertiary/aromatic N) is 3. The molecular weight excluding hydrogens is 256 g/mol. The van der Waals surface area contributed by atoms with Crippen molar-refractivity contribution in [3.05, 3.63) is 47.4 Å². The predicted molar refractivity (Wildman–Crippen MR) is 78.4 cm³/mol. The van der Waals surface area contributed by atoms with Gasteiger partial charge in [0.1, 0.15) is 12.1 Å². The summed E-state index contributed by atoms with van der Waals surface area (Å²) in [5.41, 5.74) is 3.36. The summed E-state index contributed by atoms with van der Waals surface area (Å²) in [5.74, 6) is 0.888. The number of fused-ring (bicyclic) bond motifs is 1. The van der Waals surface area contributed by atoms with Gasteiger partial charge in [-0.3, -0.25) is 4.98 Å². The Morgan fingerprint density at radius 2 is 2.21 bits per heavy atom. The second-order valence-corrected chi connectivity index (χ2v) is 5.35. The number of aromatic nitrogens is 3. The lowest BCUT2D eigenvalue weighted by Crippen LogP contribution is -2.08. The standard InChI is InChI=1S/C14H14N4S/c1-9-7-19-13-12(9)16-8-17-14(13)18-10(2)11-4-3-5-15-6-11/h3-8,10H,1-2H3,(H,16,17,18). The van der Waals surface area contributed by atoms with Crippen LogP contribution in [0.5, 0.6) is 0 Å². The van der Waals surface area contributed by atoms with Crippen molar-refractivity contribution in [2.24, 2.45) is 0 Å². The van der Waals surface area contributed by atoms with Crippen LogP contribution in [0, 0.1) is 6.92 Å². The van der Waals surface area contributed by atoms with E-state index in [9.17, 15) is 0 Å². The molecule has 0 bridgehead atoms.